The van der Waals surface area contributed by atoms with Gasteiger partial charge in [-0.05, 0) is 70.3 Å². The summed E-state index contributed by atoms with van der Waals surface area (Å²) in [5.74, 6) is 0.652. The summed E-state index contributed by atoms with van der Waals surface area (Å²) in [6, 6.07) is 22.0. The van der Waals surface area contributed by atoms with Crippen LogP contribution in [0.5, 0.6) is 0 Å². The molecular formula is C23H18IrN5S-. The molecule has 2 heterocycles. The van der Waals surface area contributed by atoms with Crippen LogP contribution in [-0.4, -0.2) is 25.2 Å². The van der Waals surface area contributed by atoms with E-state index >= 15 is 0 Å². The van der Waals surface area contributed by atoms with Crippen molar-refractivity contribution in [2.24, 2.45) is 0 Å². The number of hydrogen-bond donors (Lipinski definition) is 0. The number of tetrazole rings is 1. The average molecular weight is 589 g/mol. The van der Waals surface area contributed by atoms with Crippen molar-refractivity contribution in [1.29, 1.82) is 0 Å². The van der Waals surface area contributed by atoms with Crippen molar-refractivity contribution >= 4 is 21.6 Å². The van der Waals surface area contributed by atoms with Crippen LogP contribution in [0.3, 0.4) is 0 Å². The van der Waals surface area contributed by atoms with E-state index in [1.807, 2.05) is 25.1 Å². The maximum absolute atomic E-state index is 4.68. The number of aromatic nitrogens is 5. The average Bonchev–Trinajstić information content (AvgIpc) is 3.33. The molecule has 0 atom stereocenters. The Morgan fingerprint density at radius 1 is 0.933 bits per heavy atom. The van der Waals surface area contributed by atoms with Crippen LogP contribution in [0.4, 0.5) is 0 Å². The fourth-order valence-corrected chi connectivity index (χ4v) is 4.59. The van der Waals surface area contributed by atoms with Crippen LogP contribution >= 0.6 is 11.3 Å². The summed E-state index contributed by atoms with van der Waals surface area (Å²) < 4.78 is 2.91. The monoisotopic (exact) mass is 589 g/mol. The number of hydrogen-bond acceptors (Lipinski definition) is 5. The third kappa shape index (κ3) is 3.49. The summed E-state index contributed by atoms with van der Waals surface area (Å²) in [6.07, 6.45) is 0. The molecule has 0 aliphatic carbocycles. The number of thiazole rings is 1. The predicted octanol–water partition coefficient (Wildman–Crippen LogP) is 5.33. The Kier molecular flexibility index (Phi) is 5.60. The maximum Gasteiger partial charge on any atom is 0.106 e. The molecule has 0 saturated carbocycles. The first kappa shape index (κ1) is 20.5. The third-order valence-corrected chi connectivity index (χ3v) is 5.90. The number of nitrogens with zero attached hydrogens (tertiary/aromatic N) is 5. The zero-order chi connectivity index (χ0) is 20.0. The molecule has 0 aliphatic rings. The Labute approximate surface area is 192 Å². The summed E-state index contributed by atoms with van der Waals surface area (Å²) in [4.78, 5) is 4.68. The first-order valence-electron chi connectivity index (χ1n) is 9.35. The van der Waals surface area contributed by atoms with E-state index in [1.54, 1.807) is 16.0 Å². The fraction of sp³-hybridized carbons (Fsp3) is 0.130. The van der Waals surface area contributed by atoms with E-state index in [2.05, 4.69) is 76.8 Å². The molecule has 30 heavy (non-hydrogen) atoms. The molecule has 0 spiro atoms. The van der Waals surface area contributed by atoms with Crippen molar-refractivity contribution in [2.75, 3.05) is 0 Å². The van der Waals surface area contributed by atoms with Gasteiger partial charge in [0.15, 0.2) is 0 Å². The van der Waals surface area contributed by atoms with Gasteiger partial charge in [0, 0.05) is 25.6 Å². The van der Waals surface area contributed by atoms with Crippen LogP contribution < -0.4 is 0 Å². The summed E-state index contributed by atoms with van der Waals surface area (Å²) in [5, 5.41) is 13.6. The second-order valence-corrected chi connectivity index (χ2v) is 8.27. The van der Waals surface area contributed by atoms with Gasteiger partial charge in [-0.2, -0.15) is 5.10 Å². The summed E-state index contributed by atoms with van der Waals surface area (Å²) in [6.45, 7) is 6.20. The van der Waals surface area contributed by atoms with Gasteiger partial charge < -0.3 is 0 Å². The number of benzene rings is 3. The van der Waals surface area contributed by atoms with E-state index < -0.39 is 0 Å². The minimum atomic E-state index is 0. The zero-order valence-electron chi connectivity index (χ0n) is 16.7. The minimum absolute atomic E-state index is 0. The van der Waals surface area contributed by atoms with Crippen LogP contribution in [-0.2, 0) is 20.1 Å². The van der Waals surface area contributed by atoms with Gasteiger partial charge >= 0.3 is 0 Å². The Balaban J connectivity index is 0.00000218. The van der Waals surface area contributed by atoms with Crippen LogP contribution in [0, 0.1) is 26.8 Å². The van der Waals surface area contributed by atoms with Gasteiger partial charge in [-0.1, -0.05) is 35.9 Å². The Morgan fingerprint density at radius 3 is 2.40 bits per heavy atom. The quantitative estimate of drug-likeness (QED) is 0.268. The number of fused-ring (bicyclic) bond motifs is 1. The Hall–Kier alpha value is -2.73. The Morgan fingerprint density at radius 2 is 1.67 bits per heavy atom. The van der Waals surface area contributed by atoms with Gasteiger partial charge in [-0.15, -0.1) is 29.5 Å². The number of rotatable bonds is 3. The van der Waals surface area contributed by atoms with E-state index in [1.165, 1.54) is 11.1 Å². The van der Waals surface area contributed by atoms with E-state index in [0.717, 1.165) is 37.6 Å². The molecule has 1 radical (unpaired) electrons. The molecule has 5 nitrogen and oxygen atoms in total. The molecule has 0 fully saturated rings. The molecule has 0 saturated heterocycles. The smallest absolute Gasteiger partial charge is 0.106 e. The standard InChI is InChI=1S/C23H18N5S.Ir/c1-14-12-18(17-8-5-4-6-9-17)13-15(2)22(14)28-23(25-26-27-28)19-10-7-11-20-21(19)24-16(3)29-20;/h4-9,11-13H,1-3H3;/q-1;. The van der Waals surface area contributed by atoms with E-state index in [9.17, 15) is 0 Å². The second kappa shape index (κ2) is 8.19. The first-order valence-corrected chi connectivity index (χ1v) is 10.2. The SMILES string of the molecule is Cc1nc2c(-c3nnnn3-c3c(C)cc(-c4ccccc4)cc3C)[c-]ccc2s1.[Ir]. The maximum atomic E-state index is 4.68. The molecule has 0 bridgehead atoms. The summed E-state index contributed by atoms with van der Waals surface area (Å²) in [7, 11) is 0. The molecular weight excluding hydrogens is 571 g/mol. The zero-order valence-corrected chi connectivity index (χ0v) is 19.9. The van der Waals surface area contributed by atoms with Crippen molar-refractivity contribution < 1.29 is 20.1 Å². The van der Waals surface area contributed by atoms with E-state index in [-0.39, 0.29) is 20.1 Å². The minimum Gasteiger partial charge on any atom is -0.290 e. The first-order chi connectivity index (χ1) is 14.1. The topological polar surface area (TPSA) is 56.5 Å². The molecule has 151 valence electrons. The summed E-state index contributed by atoms with van der Waals surface area (Å²) >= 11 is 1.66. The largest absolute Gasteiger partial charge is 0.290 e. The van der Waals surface area contributed by atoms with Gasteiger partial charge in [-0.3, -0.25) is 4.98 Å². The van der Waals surface area contributed by atoms with Crippen LogP contribution in [0.15, 0.2) is 54.6 Å². The van der Waals surface area contributed by atoms with Crippen molar-refractivity contribution in [2.45, 2.75) is 20.8 Å². The number of aryl methyl sites for hydroxylation is 3. The van der Waals surface area contributed by atoms with Gasteiger partial charge in [0.05, 0.1) is 10.7 Å². The molecule has 7 heteroatoms. The van der Waals surface area contributed by atoms with Crippen LogP contribution in [0.25, 0.3) is 38.4 Å². The third-order valence-electron chi connectivity index (χ3n) is 4.96. The van der Waals surface area contributed by atoms with E-state index in [4.69, 9.17) is 0 Å². The van der Waals surface area contributed by atoms with Crippen molar-refractivity contribution in [3.8, 4) is 28.2 Å². The summed E-state index contributed by atoms with van der Waals surface area (Å²) in [5.41, 5.74) is 7.30. The molecule has 5 aromatic rings. The van der Waals surface area contributed by atoms with Gasteiger partial charge in [0.1, 0.15) is 5.82 Å². The van der Waals surface area contributed by atoms with Crippen LogP contribution in [0.1, 0.15) is 16.1 Å². The fourth-order valence-electron chi connectivity index (χ4n) is 3.76. The van der Waals surface area contributed by atoms with Gasteiger partial charge in [-0.25, -0.2) is 4.68 Å². The van der Waals surface area contributed by atoms with E-state index in [0.29, 0.717) is 5.82 Å². The molecule has 0 aliphatic heterocycles. The molecule has 3 aromatic carbocycles. The second-order valence-electron chi connectivity index (χ2n) is 7.04. The van der Waals surface area contributed by atoms with Crippen LogP contribution in [0.2, 0.25) is 0 Å². The Bertz CT molecular complexity index is 1320. The predicted molar refractivity (Wildman–Crippen MR) is 116 cm³/mol. The van der Waals surface area contributed by atoms with Gasteiger partial charge in [0.2, 0.25) is 0 Å². The molecule has 0 unspecified atom stereocenters. The van der Waals surface area contributed by atoms with Crippen molar-refractivity contribution in [1.82, 2.24) is 25.2 Å². The molecule has 5 rings (SSSR count). The molecule has 0 amide bonds. The molecule has 0 N–H and O–H groups in total. The molecule has 2 aromatic heterocycles. The van der Waals surface area contributed by atoms with Gasteiger partial charge in [0.25, 0.3) is 0 Å². The van der Waals surface area contributed by atoms with Crippen molar-refractivity contribution in [3.63, 3.8) is 0 Å². The normalized spacial score (nSPS) is 10.9. The van der Waals surface area contributed by atoms with Crippen molar-refractivity contribution in [3.05, 3.63) is 76.8 Å².